The van der Waals surface area contributed by atoms with Crippen LogP contribution in [0.4, 0.5) is 0 Å². The van der Waals surface area contributed by atoms with Crippen molar-refractivity contribution in [1.82, 2.24) is 10.3 Å². The van der Waals surface area contributed by atoms with Crippen LogP contribution in [0.3, 0.4) is 0 Å². The maximum atomic E-state index is 12.0. The SMILES string of the molecule is COCCOc1ccc(CNC(=O)CCCOc2ccc(C(C)(C)C)cc2)cn1. The van der Waals surface area contributed by atoms with Gasteiger partial charge in [0.2, 0.25) is 11.8 Å². The van der Waals surface area contributed by atoms with E-state index in [9.17, 15) is 4.79 Å². The Balaban J connectivity index is 1.62. The molecular weight excluding hydrogens is 368 g/mol. The molecule has 0 aliphatic carbocycles. The molecule has 0 saturated heterocycles. The number of pyridine rings is 1. The predicted molar refractivity (Wildman–Crippen MR) is 113 cm³/mol. The van der Waals surface area contributed by atoms with Gasteiger partial charge in [0.15, 0.2) is 0 Å². The highest BCUT2D eigenvalue weighted by Crippen LogP contribution is 2.24. The lowest BCUT2D eigenvalue weighted by Crippen LogP contribution is -2.23. The van der Waals surface area contributed by atoms with Gasteiger partial charge in [0.25, 0.3) is 0 Å². The minimum Gasteiger partial charge on any atom is -0.494 e. The Morgan fingerprint density at radius 2 is 1.76 bits per heavy atom. The van der Waals surface area contributed by atoms with E-state index in [0.717, 1.165) is 11.3 Å². The van der Waals surface area contributed by atoms with Gasteiger partial charge in [0, 0.05) is 32.3 Å². The largest absolute Gasteiger partial charge is 0.494 e. The Kier molecular flexibility index (Phi) is 8.93. The first-order chi connectivity index (χ1) is 13.9. The van der Waals surface area contributed by atoms with Gasteiger partial charge in [0.1, 0.15) is 12.4 Å². The lowest BCUT2D eigenvalue weighted by molar-refractivity contribution is -0.121. The van der Waals surface area contributed by atoms with Crippen LogP contribution in [0, 0.1) is 0 Å². The monoisotopic (exact) mass is 400 g/mol. The molecule has 1 heterocycles. The summed E-state index contributed by atoms with van der Waals surface area (Å²) in [6.45, 7) is 8.48. The molecule has 1 aromatic carbocycles. The minimum absolute atomic E-state index is 0.00268. The average molecular weight is 401 g/mol. The van der Waals surface area contributed by atoms with Gasteiger partial charge in [0.05, 0.1) is 13.2 Å². The van der Waals surface area contributed by atoms with E-state index in [1.165, 1.54) is 5.56 Å². The number of benzene rings is 1. The normalized spacial score (nSPS) is 11.2. The van der Waals surface area contributed by atoms with Crippen molar-refractivity contribution >= 4 is 5.91 Å². The van der Waals surface area contributed by atoms with Gasteiger partial charge in [-0.05, 0) is 35.1 Å². The van der Waals surface area contributed by atoms with E-state index < -0.39 is 0 Å². The molecular formula is C23H32N2O4. The predicted octanol–water partition coefficient (Wildman–Crippen LogP) is 3.88. The fraction of sp³-hybridized carbons (Fsp3) is 0.478. The van der Waals surface area contributed by atoms with Gasteiger partial charge in [-0.1, -0.05) is 39.0 Å². The summed E-state index contributed by atoms with van der Waals surface area (Å²) in [4.78, 5) is 16.2. The molecule has 1 aromatic heterocycles. The zero-order valence-corrected chi connectivity index (χ0v) is 17.9. The number of amides is 1. The van der Waals surface area contributed by atoms with Crippen molar-refractivity contribution in [2.75, 3.05) is 26.9 Å². The van der Waals surface area contributed by atoms with Crippen molar-refractivity contribution in [2.45, 2.75) is 45.6 Å². The molecule has 0 unspecified atom stereocenters. The van der Waals surface area contributed by atoms with Crippen molar-refractivity contribution < 1.29 is 19.0 Å². The third-order valence-electron chi connectivity index (χ3n) is 4.36. The molecule has 0 aliphatic heterocycles. The molecule has 1 amide bonds. The Bertz CT molecular complexity index is 737. The summed E-state index contributed by atoms with van der Waals surface area (Å²) >= 11 is 0. The van der Waals surface area contributed by atoms with E-state index in [1.54, 1.807) is 19.4 Å². The van der Waals surface area contributed by atoms with Crippen molar-refractivity contribution in [3.8, 4) is 11.6 Å². The van der Waals surface area contributed by atoms with E-state index in [-0.39, 0.29) is 11.3 Å². The number of hydrogen-bond acceptors (Lipinski definition) is 5. The Labute approximate surface area is 173 Å². The summed E-state index contributed by atoms with van der Waals surface area (Å²) < 4.78 is 16.1. The molecule has 6 heteroatoms. The van der Waals surface area contributed by atoms with Gasteiger partial charge in [-0.3, -0.25) is 4.79 Å². The maximum Gasteiger partial charge on any atom is 0.220 e. The zero-order valence-electron chi connectivity index (χ0n) is 17.9. The summed E-state index contributed by atoms with van der Waals surface area (Å²) in [6.07, 6.45) is 2.79. The second-order valence-electron chi connectivity index (χ2n) is 7.85. The van der Waals surface area contributed by atoms with Crippen molar-refractivity contribution in [3.05, 3.63) is 53.7 Å². The van der Waals surface area contributed by atoms with Gasteiger partial charge >= 0.3 is 0 Å². The van der Waals surface area contributed by atoms with Gasteiger partial charge in [-0.15, -0.1) is 0 Å². The Hall–Kier alpha value is -2.60. The highest BCUT2D eigenvalue weighted by molar-refractivity contribution is 5.75. The van der Waals surface area contributed by atoms with Crippen molar-refractivity contribution in [2.24, 2.45) is 0 Å². The van der Waals surface area contributed by atoms with Crippen LogP contribution in [0.1, 0.15) is 44.7 Å². The summed E-state index contributed by atoms with van der Waals surface area (Å²) in [6, 6.07) is 11.8. The third kappa shape index (κ3) is 8.52. The number of ether oxygens (including phenoxy) is 3. The zero-order chi connectivity index (χ0) is 21.1. The van der Waals surface area contributed by atoms with E-state index in [2.05, 4.69) is 43.2 Å². The fourth-order valence-corrected chi connectivity index (χ4v) is 2.59. The number of hydrogen-bond donors (Lipinski definition) is 1. The molecule has 0 fully saturated rings. The summed E-state index contributed by atoms with van der Waals surface area (Å²) in [5.41, 5.74) is 2.32. The smallest absolute Gasteiger partial charge is 0.220 e. The Morgan fingerprint density at radius 3 is 2.38 bits per heavy atom. The van der Waals surface area contributed by atoms with Crippen molar-refractivity contribution in [1.29, 1.82) is 0 Å². The fourth-order valence-electron chi connectivity index (χ4n) is 2.59. The molecule has 2 rings (SSSR count). The third-order valence-corrected chi connectivity index (χ3v) is 4.36. The van der Waals surface area contributed by atoms with Crippen LogP contribution in [0.2, 0.25) is 0 Å². The molecule has 29 heavy (non-hydrogen) atoms. The van der Waals surface area contributed by atoms with E-state index in [0.29, 0.717) is 45.1 Å². The number of nitrogens with zero attached hydrogens (tertiary/aromatic N) is 1. The molecule has 0 spiro atoms. The van der Waals surface area contributed by atoms with Crippen molar-refractivity contribution in [3.63, 3.8) is 0 Å². The molecule has 0 aliphatic rings. The molecule has 0 atom stereocenters. The van der Waals surface area contributed by atoms with E-state index in [1.807, 2.05) is 18.2 Å². The van der Waals surface area contributed by atoms with Crippen LogP contribution >= 0.6 is 0 Å². The first-order valence-corrected chi connectivity index (χ1v) is 9.95. The Morgan fingerprint density at radius 1 is 1.00 bits per heavy atom. The van der Waals surface area contributed by atoms with Gasteiger partial charge < -0.3 is 19.5 Å². The van der Waals surface area contributed by atoms with E-state index in [4.69, 9.17) is 14.2 Å². The number of rotatable bonds is 11. The van der Waals surface area contributed by atoms with Crippen LogP contribution in [-0.4, -0.2) is 37.8 Å². The second kappa shape index (κ2) is 11.4. The first kappa shape index (κ1) is 22.7. The minimum atomic E-state index is -0.00268. The molecule has 6 nitrogen and oxygen atoms in total. The summed E-state index contributed by atoms with van der Waals surface area (Å²) in [7, 11) is 1.62. The summed E-state index contributed by atoms with van der Waals surface area (Å²) in [5.74, 6) is 1.37. The number of aromatic nitrogens is 1. The highest BCUT2D eigenvalue weighted by atomic mass is 16.5. The quantitative estimate of drug-likeness (QED) is 0.580. The first-order valence-electron chi connectivity index (χ1n) is 9.95. The number of methoxy groups -OCH3 is 1. The maximum absolute atomic E-state index is 12.0. The molecule has 0 bridgehead atoms. The lowest BCUT2D eigenvalue weighted by Gasteiger charge is -2.19. The average Bonchev–Trinajstić information content (AvgIpc) is 2.70. The molecule has 0 radical (unpaired) electrons. The standard InChI is InChI=1S/C23H32N2O4/c1-23(2,3)19-8-10-20(11-9-19)28-13-5-6-21(26)24-16-18-7-12-22(25-17-18)29-15-14-27-4/h7-12,17H,5-6,13-16H2,1-4H3,(H,24,26). The van der Waals surface area contributed by atoms with Crippen LogP contribution in [0.5, 0.6) is 11.6 Å². The molecule has 0 saturated carbocycles. The number of carbonyl (C=O) groups is 1. The van der Waals surface area contributed by atoms with Crippen LogP contribution in [0.25, 0.3) is 0 Å². The molecule has 158 valence electrons. The van der Waals surface area contributed by atoms with Gasteiger partial charge in [-0.2, -0.15) is 0 Å². The lowest BCUT2D eigenvalue weighted by atomic mass is 9.87. The second-order valence-corrected chi connectivity index (χ2v) is 7.85. The highest BCUT2D eigenvalue weighted by Gasteiger charge is 2.13. The van der Waals surface area contributed by atoms with Crippen LogP contribution < -0.4 is 14.8 Å². The van der Waals surface area contributed by atoms with Crippen LogP contribution in [0.15, 0.2) is 42.6 Å². The van der Waals surface area contributed by atoms with Crippen LogP contribution in [-0.2, 0) is 21.5 Å². The molecule has 2 aromatic rings. The van der Waals surface area contributed by atoms with Gasteiger partial charge in [-0.25, -0.2) is 4.98 Å². The number of carbonyl (C=O) groups excluding carboxylic acids is 1. The topological polar surface area (TPSA) is 69.7 Å². The van der Waals surface area contributed by atoms with E-state index >= 15 is 0 Å². The molecule has 1 N–H and O–H groups in total. The summed E-state index contributed by atoms with van der Waals surface area (Å²) in [5, 5.41) is 2.90. The number of nitrogens with one attached hydrogen (secondary N) is 1.